The third-order valence-electron chi connectivity index (χ3n) is 4.93. The summed E-state index contributed by atoms with van der Waals surface area (Å²) in [6.45, 7) is 4.02. The van der Waals surface area contributed by atoms with Crippen LogP contribution in [0.5, 0.6) is 0 Å². The van der Waals surface area contributed by atoms with Gasteiger partial charge in [0.25, 0.3) is 0 Å². The number of carbonyl (C=O) groups excluding carboxylic acids is 1. The Morgan fingerprint density at radius 3 is 2.65 bits per heavy atom. The first-order valence-corrected chi connectivity index (χ1v) is 9.27. The third-order valence-corrected chi connectivity index (χ3v) is 5.62. The van der Waals surface area contributed by atoms with Crippen molar-refractivity contribution in [3.8, 4) is 0 Å². The van der Waals surface area contributed by atoms with Crippen LogP contribution in [-0.2, 0) is 10.4 Å². The molecule has 1 aromatic carbocycles. The molecule has 2 fully saturated rings. The fourth-order valence-corrected chi connectivity index (χ4v) is 4.18. The van der Waals surface area contributed by atoms with Crippen LogP contribution in [0.25, 0.3) is 0 Å². The molecular formula is C18H25BrN2O2. The SMILES string of the molecule is C[C@](O)(CNC(=O)[C@@H](C1CC1)N1CCCC1)c1ccccc1Br. The number of halogens is 1. The van der Waals surface area contributed by atoms with Crippen molar-refractivity contribution in [3.05, 3.63) is 34.3 Å². The maximum atomic E-state index is 12.7. The second kappa shape index (κ2) is 6.91. The van der Waals surface area contributed by atoms with Crippen LogP contribution in [-0.4, -0.2) is 41.6 Å². The molecule has 0 aromatic heterocycles. The minimum Gasteiger partial charge on any atom is -0.384 e. The molecule has 2 atom stereocenters. The molecule has 0 bridgehead atoms. The average Bonchev–Trinajstić information content (AvgIpc) is 3.20. The van der Waals surface area contributed by atoms with Crippen molar-refractivity contribution in [2.45, 2.75) is 44.2 Å². The molecule has 0 radical (unpaired) electrons. The first-order valence-electron chi connectivity index (χ1n) is 8.48. The predicted molar refractivity (Wildman–Crippen MR) is 94.0 cm³/mol. The summed E-state index contributed by atoms with van der Waals surface area (Å²) in [7, 11) is 0. The van der Waals surface area contributed by atoms with Crippen LogP contribution >= 0.6 is 15.9 Å². The van der Waals surface area contributed by atoms with Crippen molar-refractivity contribution in [2.24, 2.45) is 5.92 Å². The molecule has 23 heavy (non-hydrogen) atoms. The van der Waals surface area contributed by atoms with Crippen LogP contribution in [0.1, 0.15) is 38.2 Å². The Kier molecular flexibility index (Phi) is 5.09. The smallest absolute Gasteiger partial charge is 0.237 e. The molecule has 1 saturated carbocycles. The summed E-state index contributed by atoms with van der Waals surface area (Å²) in [5, 5.41) is 13.8. The number of nitrogens with one attached hydrogen (secondary N) is 1. The van der Waals surface area contributed by atoms with E-state index < -0.39 is 5.60 Å². The molecule has 1 saturated heterocycles. The Balaban J connectivity index is 1.64. The molecule has 1 amide bonds. The van der Waals surface area contributed by atoms with E-state index in [-0.39, 0.29) is 18.5 Å². The van der Waals surface area contributed by atoms with E-state index in [9.17, 15) is 9.90 Å². The Bertz CT molecular complexity index is 566. The molecule has 0 spiro atoms. The van der Waals surface area contributed by atoms with Gasteiger partial charge in [0, 0.05) is 4.47 Å². The molecule has 126 valence electrons. The number of nitrogens with zero attached hydrogens (tertiary/aromatic N) is 1. The molecule has 2 aliphatic rings. The number of aliphatic hydroxyl groups is 1. The van der Waals surface area contributed by atoms with E-state index in [0.717, 1.165) is 36.0 Å². The summed E-state index contributed by atoms with van der Waals surface area (Å²) in [6, 6.07) is 7.59. The first-order chi connectivity index (χ1) is 11.0. The average molecular weight is 381 g/mol. The molecule has 1 heterocycles. The van der Waals surface area contributed by atoms with Crippen LogP contribution in [0.15, 0.2) is 28.7 Å². The first kappa shape index (κ1) is 16.9. The standard InChI is InChI=1S/C18H25BrN2O2/c1-18(23,14-6-2-3-7-15(14)19)12-20-17(22)16(13-8-9-13)21-10-4-5-11-21/h2-3,6-7,13,16,23H,4-5,8-12H2,1H3,(H,20,22)/t16-,18+/m1/s1. The number of rotatable bonds is 6. The molecule has 0 unspecified atom stereocenters. The fourth-order valence-electron chi connectivity index (χ4n) is 3.47. The molecule has 3 rings (SSSR count). The maximum Gasteiger partial charge on any atom is 0.237 e. The number of benzene rings is 1. The number of likely N-dealkylation sites (tertiary alicyclic amines) is 1. The van der Waals surface area contributed by atoms with Gasteiger partial charge in [-0.15, -0.1) is 0 Å². The van der Waals surface area contributed by atoms with Crippen molar-refractivity contribution < 1.29 is 9.90 Å². The van der Waals surface area contributed by atoms with Crippen molar-refractivity contribution in [2.75, 3.05) is 19.6 Å². The topological polar surface area (TPSA) is 52.6 Å². The summed E-state index contributed by atoms with van der Waals surface area (Å²) >= 11 is 3.47. The van der Waals surface area contributed by atoms with Crippen molar-refractivity contribution in [3.63, 3.8) is 0 Å². The van der Waals surface area contributed by atoms with E-state index in [0.29, 0.717) is 5.92 Å². The number of hydrogen-bond acceptors (Lipinski definition) is 3. The highest BCUT2D eigenvalue weighted by molar-refractivity contribution is 9.10. The molecular weight excluding hydrogens is 356 g/mol. The molecule has 1 aliphatic carbocycles. The summed E-state index contributed by atoms with van der Waals surface area (Å²) < 4.78 is 0.859. The van der Waals surface area contributed by atoms with E-state index in [1.165, 1.54) is 12.8 Å². The van der Waals surface area contributed by atoms with Gasteiger partial charge in [-0.25, -0.2) is 0 Å². The second-order valence-electron chi connectivity index (χ2n) is 7.00. The van der Waals surface area contributed by atoms with Gasteiger partial charge in [0.1, 0.15) is 5.60 Å². The normalized spacial score (nSPS) is 22.6. The summed E-state index contributed by atoms with van der Waals surface area (Å²) in [5.41, 5.74) is -0.293. The summed E-state index contributed by atoms with van der Waals surface area (Å²) in [5.74, 6) is 0.572. The molecule has 2 N–H and O–H groups in total. The van der Waals surface area contributed by atoms with Crippen molar-refractivity contribution in [1.82, 2.24) is 10.2 Å². The van der Waals surface area contributed by atoms with Crippen molar-refractivity contribution in [1.29, 1.82) is 0 Å². The third kappa shape index (κ3) is 3.95. The van der Waals surface area contributed by atoms with Crippen LogP contribution in [0, 0.1) is 5.92 Å². The predicted octanol–water partition coefficient (Wildman–Crippen LogP) is 2.65. The molecule has 1 aliphatic heterocycles. The Morgan fingerprint density at radius 1 is 1.39 bits per heavy atom. The minimum absolute atomic E-state index is 0.00693. The van der Waals surface area contributed by atoms with Gasteiger partial charge in [0.15, 0.2) is 0 Å². The molecule has 4 nitrogen and oxygen atoms in total. The van der Waals surface area contributed by atoms with E-state index in [1.54, 1.807) is 6.92 Å². The van der Waals surface area contributed by atoms with E-state index in [4.69, 9.17) is 0 Å². The van der Waals surface area contributed by atoms with E-state index in [1.807, 2.05) is 24.3 Å². The largest absolute Gasteiger partial charge is 0.384 e. The van der Waals surface area contributed by atoms with Crippen LogP contribution in [0.4, 0.5) is 0 Å². The highest BCUT2D eigenvalue weighted by atomic mass is 79.9. The summed E-state index contributed by atoms with van der Waals surface area (Å²) in [4.78, 5) is 15.0. The highest BCUT2D eigenvalue weighted by Gasteiger charge is 2.41. The Morgan fingerprint density at radius 2 is 2.04 bits per heavy atom. The number of amides is 1. The van der Waals surface area contributed by atoms with Gasteiger partial charge in [-0.2, -0.15) is 0 Å². The zero-order chi connectivity index (χ0) is 16.4. The Hall–Kier alpha value is -0.910. The summed E-state index contributed by atoms with van der Waals surface area (Å²) in [6.07, 6.45) is 4.67. The maximum absolute atomic E-state index is 12.7. The molecule has 1 aromatic rings. The lowest BCUT2D eigenvalue weighted by Crippen LogP contribution is -2.50. The lowest BCUT2D eigenvalue weighted by Gasteiger charge is -2.30. The highest BCUT2D eigenvalue weighted by Crippen LogP contribution is 2.37. The van der Waals surface area contributed by atoms with E-state index in [2.05, 4.69) is 26.1 Å². The van der Waals surface area contributed by atoms with Crippen LogP contribution in [0.2, 0.25) is 0 Å². The zero-order valence-electron chi connectivity index (χ0n) is 13.6. The van der Waals surface area contributed by atoms with Crippen LogP contribution in [0.3, 0.4) is 0 Å². The minimum atomic E-state index is -1.09. The van der Waals surface area contributed by atoms with Crippen LogP contribution < -0.4 is 5.32 Å². The van der Waals surface area contributed by atoms with Gasteiger partial charge in [-0.05, 0) is 63.2 Å². The molecule has 5 heteroatoms. The van der Waals surface area contributed by atoms with Gasteiger partial charge in [0.05, 0.1) is 12.6 Å². The lowest BCUT2D eigenvalue weighted by atomic mass is 9.96. The fraction of sp³-hybridized carbons (Fsp3) is 0.611. The quantitative estimate of drug-likeness (QED) is 0.797. The second-order valence-corrected chi connectivity index (χ2v) is 7.85. The monoisotopic (exact) mass is 380 g/mol. The van der Waals surface area contributed by atoms with Gasteiger partial charge in [0.2, 0.25) is 5.91 Å². The van der Waals surface area contributed by atoms with Gasteiger partial charge in [-0.3, -0.25) is 9.69 Å². The van der Waals surface area contributed by atoms with Gasteiger partial charge in [-0.1, -0.05) is 34.1 Å². The van der Waals surface area contributed by atoms with Crippen molar-refractivity contribution >= 4 is 21.8 Å². The van der Waals surface area contributed by atoms with E-state index >= 15 is 0 Å². The van der Waals surface area contributed by atoms with Gasteiger partial charge < -0.3 is 10.4 Å². The zero-order valence-corrected chi connectivity index (χ0v) is 15.2. The van der Waals surface area contributed by atoms with Gasteiger partial charge >= 0.3 is 0 Å². The lowest BCUT2D eigenvalue weighted by molar-refractivity contribution is -0.128. The number of carbonyl (C=O) groups is 1. The Labute approximate surface area is 146 Å². The number of hydrogen-bond donors (Lipinski definition) is 2.